The average Bonchev–Trinajstić information content (AvgIpc) is 2.92. The number of methoxy groups -OCH3 is 1. The molecule has 2 rings (SSSR count). The normalized spacial score (nSPS) is 11.9. The van der Waals surface area contributed by atoms with Gasteiger partial charge < -0.3 is 15.8 Å². The van der Waals surface area contributed by atoms with Crippen LogP contribution in [0.3, 0.4) is 0 Å². The third-order valence-corrected chi connectivity index (χ3v) is 3.72. The van der Waals surface area contributed by atoms with E-state index in [4.69, 9.17) is 5.73 Å². The largest absolute Gasteiger partial charge is 0.465 e. The maximum Gasteiger partial charge on any atom is 0.340 e. The summed E-state index contributed by atoms with van der Waals surface area (Å²) in [6.07, 6.45) is 2.36. The molecule has 20 heavy (non-hydrogen) atoms. The number of nitrogens with zero attached hydrogens (tertiary/aromatic N) is 1. The molecule has 2 aromatic rings. The van der Waals surface area contributed by atoms with Crippen LogP contribution < -0.4 is 11.1 Å². The number of hydrogen-bond donors (Lipinski definition) is 2. The Labute approximate surface area is 121 Å². The highest BCUT2D eigenvalue weighted by atomic mass is 32.1. The lowest BCUT2D eigenvalue weighted by atomic mass is 10.2. The Morgan fingerprint density at radius 3 is 3.05 bits per heavy atom. The van der Waals surface area contributed by atoms with Gasteiger partial charge in [0.1, 0.15) is 5.82 Å². The molecule has 2 aromatic heterocycles. The van der Waals surface area contributed by atoms with Gasteiger partial charge in [0, 0.05) is 17.3 Å². The molecule has 2 heterocycles. The van der Waals surface area contributed by atoms with E-state index in [0.29, 0.717) is 17.1 Å². The third kappa shape index (κ3) is 3.48. The Morgan fingerprint density at radius 1 is 1.60 bits per heavy atom. The molecule has 0 bridgehead atoms. The van der Waals surface area contributed by atoms with E-state index in [0.717, 1.165) is 6.42 Å². The van der Waals surface area contributed by atoms with Gasteiger partial charge in [-0.2, -0.15) is 0 Å². The summed E-state index contributed by atoms with van der Waals surface area (Å²) in [6, 6.07) is 5.95. The highest BCUT2D eigenvalue weighted by Gasteiger charge is 2.13. The zero-order valence-corrected chi connectivity index (χ0v) is 12.2. The Kier molecular flexibility index (Phi) is 4.57. The topological polar surface area (TPSA) is 77.2 Å². The van der Waals surface area contributed by atoms with Gasteiger partial charge in [-0.3, -0.25) is 0 Å². The maximum absolute atomic E-state index is 11.6. The molecule has 106 valence electrons. The second-order valence-corrected chi connectivity index (χ2v) is 5.51. The molecule has 0 aliphatic carbocycles. The van der Waals surface area contributed by atoms with E-state index in [2.05, 4.69) is 33.4 Å². The molecular formula is C14H17N3O2S. The second-order valence-electron chi connectivity index (χ2n) is 4.48. The number of esters is 1. The number of rotatable bonds is 5. The number of thiophene rings is 1. The van der Waals surface area contributed by atoms with Crippen LogP contribution in [-0.4, -0.2) is 24.1 Å². The molecule has 0 spiro atoms. The minimum absolute atomic E-state index is 0.204. The minimum Gasteiger partial charge on any atom is -0.465 e. The van der Waals surface area contributed by atoms with E-state index in [9.17, 15) is 4.79 Å². The lowest BCUT2D eigenvalue weighted by molar-refractivity contribution is 0.0602. The molecule has 0 aliphatic heterocycles. The molecule has 0 saturated carbocycles. The first-order valence-electron chi connectivity index (χ1n) is 6.23. The number of nitrogens with one attached hydrogen (secondary N) is 1. The number of nitrogen functional groups attached to an aromatic ring is 1. The van der Waals surface area contributed by atoms with Gasteiger partial charge in [-0.25, -0.2) is 9.78 Å². The van der Waals surface area contributed by atoms with Gasteiger partial charge in [-0.05, 0) is 24.4 Å². The van der Waals surface area contributed by atoms with Crippen LogP contribution in [0, 0.1) is 0 Å². The molecule has 0 aromatic carbocycles. The number of carbonyl (C=O) groups is 1. The van der Waals surface area contributed by atoms with Crippen molar-refractivity contribution in [3.8, 4) is 0 Å². The molecule has 0 radical (unpaired) electrons. The van der Waals surface area contributed by atoms with E-state index >= 15 is 0 Å². The zero-order chi connectivity index (χ0) is 14.5. The monoisotopic (exact) mass is 291 g/mol. The van der Waals surface area contributed by atoms with Gasteiger partial charge >= 0.3 is 5.97 Å². The molecule has 1 unspecified atom stereocenters. The van der Waals surface area contributed by atoms with Crippen molar-refractivity contribution >= 4 is 28.8 Å². The molecule has 6 heteroatoms. The number of aromatic nitrogens is 1. The van der Waals surface area contributed by atoms with Crippen molar-refractivity contribution in [2.45, 2.75) is 19.4 Å². The number of anilines is 2. The summed E-state index contributed by atoms with van der Waals surface area (Å²) in [5, 5.41) is 5.31. The van der Waals surface area contributed by atoms with Crippen molar-refractivity contribution in [3.63, 3.8) is 0 Å². The molecule has 0 fully saturated rings. The lowest BCUT2D eigenvalue weighted by Gasteiger charge is -2.14. The molecule has 0 aliphatic rings. The summed E-state index contributed by atoms with van der Waals surface area (Å²) in [7, 11) is 1.33. The summed E-state index contributed by atoms with van der Waals surface area (Å²) in [6.45, 7) is 2.07. The number of hydrogen-bond acceptors (Lipinski definition) is 6. The van der Waals surface area contributed by atoms with Crippen molar-refractivity contribution in [2.75, 3.05) is 18.2 Å². The maximum atomic E-state index is 11.6. The Bertz CT molecular complexity index is 584. The van der Waals surface area contributed by atoms with E-state index in [-0.39, 0.29) is 6.04 Å². The summed E-state index contributed by atoms with van der Waals surface area (Å²) >= 11 is 1.72. The van der Waals surface area contributed by atoms with Gasteiger partial charge in [0.25, 0.3) is 0 Å². The second kappa shape index (κ2) is 6.38. The van der Waals surface area contributed by atoms with Crippen LogP contribution >= 0.6 is 11.3 Å². The number of pyridine rings is 1. The first-order chi connectivity index (χ1) is 9.60. The molecule has 1 atom stereocenters. The highest BCUT2D eigenvalue weighted by molar-refractivity contribution is 7.09. The van der Waals surface area contributed by atoms with Gasteiger partial charge in [-0.15, -0.1) is 11.3 Å². The molecule has 0 amide bonds. The van der Waals surface area contributed by atoms with E-state index < -0.39 is 5.97 Å². The van der Waals surface area contributed by atoms with Gasteiger partial charge in [0.2, 0.25) is 0 Å². The van der Waals surface area contributed by atoms with Gasteiger partial charge in [-0.1, -0.05) is 6.07 Å². The van der Waals surface area contributed by atoms with Gasteiger partial charge in [0.05, 0.1) is 24.6 Å². The fourth-order valence-corrected chi connectivity index (χ4v) is 2.70. The van der Waals surface area contributed by atoms with Crippen LogP contribution in [-0.2, 0) is 11.2 Å². The van der Waals surface area contributed by atoms with Crippen LogP contribution in [0.2, 0.25) is 0 Å². The van der Waals surface area contributed by atoms with Crippen molar-refractivity contribution in [3.05, 3.63) is 40.2 Å². The Balaban J connectivity index is 2.07. The SMILES string of the molecule is COC(=O)c1cc(NC(C)Cc2cccs2)ncc1N. The van der Waals surface area contributed by atoms with E-state index in [1.807, 2.05) is 6.07 Å². The van der Waals surface area contributed by atoms with Crippen molar-refractivity contribution < 1.29 is 9.53 Å². The molecular weight excluding hydrogens is 274 g/mol. The molecule has 3 N–H and O–H groups in total. The predicted octanol–water partition coefficient (Wildman–Crippen LogP) is 2.55. The summed E-state index contributed by atoms with van der Waals surface area (Å²) in [4.78, 5) is 17.1. The number of ether oxygens (including phenoxy) is 1. The zero-order valence-electron chi connectivity index (χ0n) is 11.4. The minimum atomic E-state index is -0.459. The van der Waals surface area contributed by atoms with Gasteiger partial charge in [0.15, 0.2) is 0 Å². The van der Waals surface area contributed by atoms with Crippen LogP contribution in [0.4, 0.5) is 11.5 Å². The third-order valence-electron chi connectivity index (χ3n) is 2.82. The first-order valence-corrected chi connectivity index (χ1v) is 7.11. The summed E-state index contributed by atoms with van der Waals surface area (Å²) < 4.78 is 4.69. The summed E-state index contributed by atoms with van der Waals surface area (Å²) in [5.41, 5.74) is 6.36. The first kappa shape index (κ1) is 14.3. The average molecular weight is 291 g/mol. The number of nitrogens with two attached hydrogens (primary N) is 1. The van der Waals surface area contributed by atoms with E-state index in [1.165, 1.54) is 18.2 Å². The quantitative estimate of drug-likeness (QED) is 0.828. The van der Waals surface area contributed by atoms with Crippen molar-refractivity contribution in [1.82, 2.24) is 4.98 Å². The standard InChI is InChI=1S/C14H17N3O2S/c1-9(6-10-4-3-5-20-10)17-13-7-11(14(18)19-2)12(15)8-16-13/h3-5,7-9H,6,15H2,1-2H3,(H,16,17). The van der Waals surface area contributed by atoms with Crippen LogP contribution in [0.5, 0.6) is 0 Å². The lowest BCUT2D eigenvalue weighted by Crippen LogP contribution is -2.19. The molecule has 0 saturated heterocycles. The van der Waals surface area contributed by atoms with Crippen LogP contribution in [0.15, 0.2) is 29.8 Å². The summed E-state index contributed by atoms with van der Waals surface area (Å²) in [5.74, 6) is 0.155. The van der Waals surface area contributed by atoms with Crippen molar-refractivity contribution in [1.29, 1.82) is 0 Å². The molecule has 5 nitrogen and oxygen atoms in total. The fourth-order valence-electron chi connectivity index (χ4n) is 1.87. The van der Waals surface area contributed by atoms with Crippen LogP contribution in [0.1, 0.15) is 22.2 Å². The number of carbonyl (C=O) groups excluding carboxylic acids is 1. The van der Waals surface area contributed by atoms with Crippen molar-refractivity contribution in [2.24, 2.45) is 0 Å². The predicted molar refractivity (Wildman–Crippen MR) is 81.1 cm³/mol. The fraction of sp³-hybridized carbons (Fsp3) is 0.286. The highest BCUT2D eigenvalue weighted by Crippen LogP contribution is 2.18. The Hall–Kier alpha value is -2.08. The Morgan fingerprint density at radius 2 is 2.40 bits per heavy atom. The van der Waals surface area contributed by atoms with E-state index in [1.54, 1.807) is 17.4 Å². The van der Waals surface area contributed by atoms with Crippen LogP contribution in [0.25, 0.3) is 0 Å². The smallest absolute Gasteiger partial charge is 0.340 e.